The molecule has 0 aromatic carbocycles. The number of carboxylic acid groups (broad SMARTS) is 1. The van der Waals surface area contributed by atoms with Crippen molar-refractivity contribution in [1.82, 2.24) is 4.98 Å². The van der Waals surface area contributed by atoms with Gasteiger partial charge in [0.05, 0.1) is 5.97 Å². The minimum absolute atomic E-state index is 0. The molecule has 5 heteroatoms. The number of aromatic nitrogens is 1. The summed E-state index contributed by atoms with van der Waals surface area (Å²) in [5.41, 5.74) is 0.0781. The third-order valence-corrected chi connectivity index (χ3v) is 1.37. The van der Waals surface area contributed by atoms with Crippen LogP contribution in [0, 0.1) is 0 Å². The molecule has 0 saturated carbocycles. The zero-order valence-electron chi connectivity index (χ0n) is 5.87. The molecule has 0 unspecified atom stereocenters. The Morgan fingerprint density at radius 2 is 2.18 bits per heavy atom. The van der Waals surface area contributed by atoms with E-state index in [1.165, 1.54) is 18.5 Å². The number of carbonyl (C=O) groups is 1. The first kappa shape index (κ1) is 10.7. The quantitative estimate of drug-likeness (QED) is 0.469. The van der Waals surface area contributed by atoms with Crippen LogP contribution < -0.4 is 24.0 Å². The van der Waals surface area contributed by atoms with Crippen LogP contribution in [0.25, 0.3) is 0 Å². The Morgan fingerprint density at radius 1 is 1.55 bits per heavy atom. The van der Waals surface area contributed by atoms with Crippen LogP contribution in [0.1, 0.15) is 10.4 Å². The molecule has 0 N–H and O–H groups in total. The van der Waals surface area contributed by atoms with Crippen LogP contribution in [-0.2, 0) is 0 Å². The van der Waals surface area contributed by atoms with Gasteiger partial charge in [-0.25, -0.2) is 0 Å². The number of rotatable bonds is 1. The van der Waals surface area contributed by atoms with Crippen molar-refractivity contribution in [3.63, 3.8) is 0 Å². The zero-order valence-corrected chi connectivity index (χ0v) is 7.46. The number of nitrogens with zero attached hydrogens (tertiary/aromatic N) is 1. The molecule has 52 valence electrons. The number of hydrogen-bond acceptors (Lipinski definition) is 3. The van der Waals surface area contributed by atoms with Gasteiger partial charge in [-0.2, -0.15) is 0 Å². The first-order valence-corrected chi connectivity index (χ1v) is 3.31. The van der Waals surface area contributed by atoms with Crippen LogP contribution in [0.4, 0.5) is 0 Å². The number of halogens is 1. The fourth-order valence-electron chi connectivity index (χ4n) is 0.523. The molecule has 0 saturated heterocycles. The predicted octanol–water partition coefficient (Wildman–Crippen LogP) is -2.79. The van der Waals surface area contributed by atoms with E-state index >= 15 is 0 Å². The van der Waals surface area contributed by atoms with Crippen LogP contribution in [0.5, 0.6) is 0 Å². The minimum Gasteiger partial charge on any atom is -0.545 e. The van der Waals surface area contributed by atoms with Gasteiger partial charge in [-0.05, 0) is 22.0 Å². The Hall–Kier alpha value is -0.303. The number of pyridine rings is 1. The maximum atomic E-state index is 10.2. The first-order valence-electron chi connectivity index (χ1n) is 2.52. The van der Waals surface area contributed by atoms with E-state index in [0.29, 0.717) is 4.47 Å². The van der Waals surface area contributed by atoms with Gasteiger partial charge in [0, 0.05) is 22.4 Å². The topological polar surface area (TPSA) is 53.0 Å². The van der Waals surface area contributed by atoms with Gasteiger partial charge in [0.25, 0.3) is 0 Å². The molecule has 1 aromatic rings. The fourth-order valence-corrected chi connectivity index (χ4v) is 0.888. The van der Waals surface area contributed by atoms with Gasteiger partial charge in [-0.15, -0.1) is 0 Å². The molecular formula is C6H3BrLiNO2. The Balaban J connectivity index is 0.000001000. The van der Waals surface area contributed by atoms with Gasteiger partial charge < -0.3 is 9.90 Å². The van der Waals surface area contributed by atoms with E-state index in [9.17, 15) is 9.90 Å². The zero-order chi connectivity index (χ0) is 7.56. The summed E-state index contributed by atoms with van der Waals surface area (Å²) in [6, 6.07) is 1.43. The van der Waals surface area contributed by atoms with Gasteiger partial charge in [-0.3, -0.25) is 4.98 Å². The van der Waals surface area contributed by atoms with Gasteiger partial charge in [-0.1, -0.05) is 0 Å². The van der Waals surface area contributed by atoms with E-state index in [0.717, 1.165) is 0 Å². The molecule has 1 aromatic heterocycles. The van der Waals surface area contributed by atoms with Crippen molar-refractivity contribution in [3.8, 4) is 0 Å². The normalized spacial score (nSPS) is 8.45. The summed E-state index contributed by atoms with van der Waals surface area (Å²) < 4.78 is 0.634. The molecule has 0 atom stereocenters. The van der Waals surface area contributed by atoms with Crippen LogP contribution in [0.2, 0.25) is 0 Å². The number of carbonyl (C=O) groups excluding carboxylic acids is 1. The van der Waals surface area contributed by atoms with E-state index in [2.05, 4.69) is 20.9 Å². The molecule has 11 heavy (non-hydrogen) atoms. The van der Waals surface area contributed by atoms with Gasteiger partial charge in [0.2, 0.25) is 0 Å². The van der Waals surface area contributed by atoms with Crippen molar-refractivity contribution in [2.24, 2.45) is 0 Å². The molecule has 0 radical (unpaired) electrons. The molecule has 1 heterocycles. The number of aromatic carboxylic acids is 1. The summed E-state index contributed by atoms with van der Waals surface area (Å²) in [5.74, 6) is -1.21. The standard InChI is InChI=1S/C6H4BrNO2.Li/c7-5-1-4(6(9)10)2-8-3-5;/h1-3H,(H,9,10);/q;+1/p-1. The van der Waals surface area contributed by atoms with Gasteiger partial charge in [0.15, 0.2) is 0 Å². The Morgan fingerprint density at radius 3 is 2.55 bits per heavy atom. The molecule has 0 aliphatic carbocycles. The first-order chi connectivity index (χ1) is 4.70. The summed E-state index contributed by atoms with van der Waals surface area (Å²) in [4.78, 5) is 13.8. The SMILES string of the molecule is O=C([O-])c1cncc(Br)c1.[Li+]. The average molecular weight is 208 g/mol. The van der Waals surface area contributed by atoms with Crippen LogP contribution in [-0.4, -0.2) is 11.0 Å². The van der Waals surface area contributed by atoms with Crippen molar-refractivity contribution in [1.29, 1.82) is 0 Å². The summed E-state index contributed by atoms with van der Waals surface area (Å²) in [5, 5.41) is 10.2. The largest absolute Gasteiger partial charge is 1.00 e. The van der Waals surface area contributed by atoms with Crippen molar-refractivity contribution in [2.75, 3.05) is 0 Å². The molecule has 0 fully saturated rings. The second kappa shape index (κ2) is 4.55. The molecule has 0 amide bonds. The molecule has 0 aliphatic rings. The van der Waals surface area contributed by atoms with Crippen molar-refractivity contribution < 1.29 is 28.8 Å². The van der Waals surface area contributed by atoms with Crippen LogP contribution in [0.15, 0.2) is 22.9 Å². The van der Waals surface area contributed by atoms with E-state index < -0.39 is 5.97 Å². The molecule has 0 bridgehead atoms. The van der Waals surface area contributed by atoms with E-state index in [-0.39, 0.29) is 24.4 Å². The number of carboxylic acids is 1. The molecule has 1 rings (SSSR count). The van der Waals surface area contributed by atoms with Crippen LogP contribution >= 0.6 is 15.9 Å². The van der Waals surface area contributed by atoms with Gasteiger partial charge in [0.1, 0.15) is 0 Å². The van der Waals surface area contributed by atoms with Crippen molar-refractivity contribution in [3.05, 3.63) is 28.5 Å². The third kappa shape index (κ3) is 3.06. The second-order valence-electron chi connectivity index (χ2n) is 1.68. The van der Waals surface area contributed by atoms with E-state index in [4.69, 9.17) is 0 Å². The Labute approximate surface area is 84.1 Å². The average Bonchev–Trinajstić information content (AvgIpc) is 1.88. The van der Waals surface area contributed by atoms with Crippen molar-refractivity contribution >= 4 is 21.9 Å². The van der Waals surface area contributed by atoms with E-state index in [1.807, 2.05) is 0 Å². The maximum absolute atomic E-state index is 10.2. The van der Waals surface area contributed by atoms with Gasteiger partial charge >= 0.3 is 18.9 Å². The third-order valence-electron chi connectivity index (χ3n) is 0.941. The monoisotopic (exact) mass is 207 g/mol. The summed E-state index contributed by atoms with van der Waals surface area (Å²) in [6.45, 7) is 0. The summed E-state index contributed by atoms with van der Waals surface area (Å²) >= 11 is 3.08. The van der Waals surface area contributed by atoms with Crippen LogP contribution in [0.3, 0.4) is 0 Å². The molecule has 0 spiro atoms. The smallest absolute Gasteiger partial charge is 0.545 e. The Bertz CT molecular complexity index is 267. The fraction of sp³-hybridized carbons (Fsp3) is 0. The summed E-state index contributed by atoms with van der Waals surface area (Å²) in [7, 11) is 0. The molecular weight excluding hydrogens is 205 g/mol. The molecule has 0 aliphatic heterocycles. The van der Waals surface area contributed by atoms with E-state index in [1.54, 1.807) is 0 Å². The number of hydrogen-bond donors (Lipinski definition) is 0. The second-order valence-corrected chi connectivity index (χ2v) is 2.59. The summed E-state index contributed by atoms with van der Waals surface area (Å²) in [6.07, 6.45) is 2.74. The minimum atomic E-state index is -1.21. The molecule has 3 nitrogen and oxygen atoms in total. The van der Waals surface area contributed by atoms with Crippen molar-refractivity contribution in [2.45, 2.75) is 0 Å². The predicted molar refractivity (Wildman–Crippen MR) is 36.3 cm³/mol. The Kier molecular flexibility index (Phi) is 4.42. The maximum Gasteiger partial charge on any atom is 1.00 e.